The van der Waals surface area contributed by atoms with Crippen LogP contribution in [0.3, 0.4) is 0 Å². The molecule has 0 aliphatic carbocycles. The van der Waals surface area contributed by atoms with E-state index in [9.17, 15) is 13.2 Å². The standard InChI is InChI=1S/C29H34N8O3S3/c1-18(2)34-28(41)36-21-8-6-20(7-9-21)26-32-16-24(42-26)23-11-10-22(12-25(23)43(39,40)37-29(3,4)5)35-27(38)33-15-19-13-30-17-31-14-19/h6-14,16-18,37H,15H2,1-5H3,(H2,33,35,38)(H2,34,36,41). The van der Waals surface area contributed by atoms with Crippen LogP contribution in [0.25, 0.3) is 21.0 Å². The smallest absolute Gasteiger partial charge is 0.319 e. The zero-order valence-electron chi connectivity index (χ0n) is 24.4. The summed E-state index contributed by atoms with van der Waals surface area (Å²) in [6.07, 6.45) is 6.25. The molecule has 0 saturated carbocycles. The predicted octanol–water partition coefficient (Wildman–Crippen LogP) is 5.36. The molecule has 0 atom stereocenters. The van der Waals surface area contributed by atoms with Gasteiger partial charge in [-0.25, -0.2) is 32.9 Å². The molecule has 2 aromatic carbocycles. The summed E-state index contributed by atoms with van der Waals surface area (Å²) in [5.74, 6) is 0. The normalized spacial score (nSPS) is 11.7. The third-order valence-corrected chi connectivity index (χ3v) is 8.71. The molecule has 0 bridgehead atoms. The molecule has 2 amide bonds. The van der Waals surface area contributed by atoms with Crippen LogP contribution < -0.4 is 26.0 Å². The Bertz CT molecular complexity index is 1680. The lowest BCUT2D eigenvalue weighted by Gasteiger charge is -2.22. The molecule has 4 rings (SSSR count). The van der Waals surface area contributed by atoms with E-state index in [0.29, 0.717) is 21.2 Å². The number of carbonyl (C=O) groups is 1. The Hall–Kier alpha value is -3.98. The molecule has 0 aliphatic heterocycles. The fourth-order valence-electron chi connectivity index (χ4n) is 3.92. The molecule has 4 aromatic rings. The van der Waals surface area contributed by atoms with Gasteiger partial charge in [-0.3, -0.25) is 0 Å². The summed E-state index contributed by atoms with van der Waals surface area (Å²) in [7, 11) is -3.98. The highest BCUT2D eigenvalue weighted by Gasteiger charge is 2.26. The molecule has 0 spiro atoms. The van der Waals surface area contributed by atoms with Crippen molar-refractivity contribution < 1.29 is 13.2 Å². The van der Waals surface area contributed by atoms with E-state index in [1.165, 1.54) is 23.7 Å². The molecule has 11 nitrogen and oxygen atoms in total. The number of hydrogen-bond donors (Lipinski definition) is 5. The Morgan fingerprint density at radius 3 is 2.30 bits per heavy atom. The van der Waals surface area contributed by atoms with Crippen molar-refractivity contribution in [1.82, 2.24) is 30.3 Å². The lowest BCUT2D eigenvalue weighted by Crippen LogP contribution is -2.40. The van der Waals surface area contributed by atoms with E-state index in [2.05, 4.69) is 40.9 Å². The average Bonchev–Trinajstić information content (AvgIpc) is 3.41. The molecule has 0 saturated heterocycles. The summed E-state index contributed by atoms with van der Waals surface area (Å²) < 4.78 is 29.8. The van der Waals surface area contributed by atoms with Crippen LogP contribution in [0.4, 0.5) is 16.2 Å². The van der Waals surface area contributed by atoms with E-state index in [0.717, 1.165) is 21.8 Å². The number of hydrogen-bond acceptors (Lipinski definition) is 8. The Morgan fingerprint density at radius 1 is 0.977 bits per heavy atom. The number of anilines is 2. The van der Waals surface area contributed by atoms with Crippen LogP contribution in [0.5, 0.6) is 0 Å². The summed E-state index contributed by atoms with van der Waals surface area (Å²) in [6, 6.07) is 12.2. The Balaban J connectivity index is 1.58. The minimum absolute atomic E-state index is 0.0256. The molecule has 2 aromatic heterocycles. The summed E-state index contributed by atoms with van der Waals surface area (Å²) in [5, 5.41) is 13.0. The lowest BCUT2D eigenvalue weighted by atomic mass is 10.1. The quantitative estimate of drug-likeness (QED) is 0.153. The van der Waals surface area contributed by atoms with Gasteiger partial charge in [-0.1, -0.05) is 6.07 Å². The molecular formula is C29H34N8O3S3. The first-order valence-electron chi connectivity index (χ1n) is 13.4. The number of sulfonamides is 1. The van der Waals surface area contributed by atoms with Crippen LogP contribution in [-0.4, -0.2) is 46.1 Å². The first kappa shape index (κ1) is 31.9. The lowest BCUT2D eigenvalue weighted by molar-refractivity contribution is 0.251. The molecule has 0 unspecified atom stereocenters. The number of nitrogens with one attached hydrogen (secondary N) is 5. The molecular weight excluding hydrogens is 605 g/mol. The number of carbonyl (C=O) groups excluding carboxylic acids is 1. The number of thiocarbonyl (C=S) groups is 1. The van der Waals surface area contributed by atoms with Crippen molar-refractivity contribution in [2.24, 2.45) is 0 Å². The van der Waals surface area contributed by atoms with Crippen molar-refractivity contribution in [2.45, 2.75) is 57.6 Å². The first-order chi connectivity index (χ1) is 20.3. The summed E-state index contributed by atoms with van der Waals surface area (Å²) >= 11 is 6.69. The minimum Gasteiger partial charge on any atom is -0.360 e. The maximum absolute atomic E-state index is 13.6. The second-order valence-electron chi connectivity index (χ2n) is 11.0. The maximum atomic E-state index is 13.6. The van der Waals surface area contributed by atoms with Gasteiger partial charge in [-0.05, 0) is 83.2 Å². The summed E-state index contributed by atoms with van der Waals surface area (Å²) in [5.41, 5.74) is 2.50. The highest BCUT2D eigenvalue weighted by molar-refractivity contribution is 7.89. The van der Waals surface area contributed by atoms with Crippen molar-refractivity contribution in [3.05, 3.63) is 72.9 Å². The van der Waals surface area contributed by atoms with Gasteiger partial charge in [0.2, 0.25) is 10.0 Å². The van der Waals surface area contributed by atoms with E-state index in [-0.39, 0.29) is 17.5 Å². The number of amides is 2. The number of rotatable bonds is 9. The molecule has 2 heterocycles. The molecule has 5 N–H and O–H groups in total. The summed E-state index contributed by atoms with van der Waals surface area (Å²) in [4.78, 5) is 25.7. The average molecular weight is 639 g/mol. The van der Waals surface area contributed by atoms with Gasteiger partial charge in [-0.2, -0.15) is 0 Å². The van der Waals surface area contributed by atoms with Gasteiger partial charge in [0.15, 0.2) is 5.11 Å². The van der Waals surface area contributed by atoms with Crippen molar-refractivity contribution in [1.29, 1.82) is 0 Å². The molecule has 14 heteroatoms. The first-order valence-corrected chi connectivity index (χ1v) is 16.1. The number of benzene rings is 2. The largest absolute Gasteiger partial charge is 0.360 e. The van der Waals surface area contributed by atoms with Crippen LogP contribution >= 0.6 is 23.6 Å². The fourth-order valence-corrected chi connectivity index (χ4v) is 6.97. The van der Waals surface area contributed by atoms with E-state index in [1.54, 1.807) is 51.5 Å². The third kappa shape index (κ3) is 9.25. The van der Waals surface area contributed by atoms with Crippen molar-refractivity contribution in [2.75, 3.05) is 10.6 Å². The van der Waals surface area contributed by atoms with Crippen LogP contribution in [0.2, 0.25) is 0 Å². The number of thiazole rings is 1. The Morgan fingerprint density at radius 2 is 1.65 bits per heavy atom. The summed E-state index contributed by atoms with van der Waals surface area (Å²) in [6.45, 7) is 9.53. The van der Waals surface area contributed by atoms with E-state index in [1.807, 2.05) is 38.1 Å². The van der Waals surface area contributed by atoms with Crippen LogP contribution in [0.15, 0.2) is 72.3 Å². The monoisotopic (exact) mass is 638 g/mol. The van der Waals surface area contributed by atoms with Gasteiger partial charge in [0.1, 0.15) is 11.3 Å². The van der Waals surface area contributed by atoms with E-state index >= 15 is 0 Å². The third-order valence-electron chi connectivity index (χ3n) is 5.62. The van der Waals surface area contributed by atoms with Crippen molar-refractivity contribution >= 4 is 56.1 Å². The zero-order valence-corrected chi connectivity index (χ0v) is 26.9. The zero-order chi connectivity index (χ0) is 31.2. The Kier molecular flexibility index (Phi) is 10.1. The highest BCUT2D eigenvalue weighted by atomic mass is 32.2. The van der Waals surface area contributed by atoms with Gasteiger partial charge >= 0.3 is 6.03 Å². The van der Waals surface area contributed by atoms with Gasteiger partial charge in [0, 0.05) is 64.8 Å². The van der Waals surface area contributed by atoms with Gasteiger partial charge < -0.3 is 21.3 Å². The maximum Gasteiger partial charge on any atom is 0.319 e. The van der Waals surface area contributed by atoms with Crippen molar-refractivity contribution in [3.63, 3.8) is 0 Å². The highest BCUT2D eigenvalue weighted by Crippen LogP contribution is 2.37. The Labute approximate surface area is 261 Å². The van der Waals surface area contributed by atoms with Gasteiger partial charge in [0.05, 0.1) is 9.77 Å². The molecule has 0 radical (unpaired) electrons. The molecule has 0 fully saturated rings. The minimum atomic E-state index is -3.98. The fraction of sp³-hybridized carbons (Fsp3) is 0.276. The SMILES string of the molecule is CC(C)NC(=S)Nc1ccc(-c2ncc(-c3ccc(NC(=O)NCc4cncnc4)cc3S(=O)(=O)NC(C)(C)C)s2)cc1. The van der Waals surface area contributed by atoms with Crippen molar-refractivity contribution in [3.8, 4) is 21.0 Å². The second kappa shape index (κ2) is 13.5. The van der Waals surface area contributed by atoms with E-state index < -0.39 is 21.6 Å². The van der Waals surface area contributed by atoms with Crippen LogP contribution in [0.1, 0.15) is 40.2 Å². The van der Waals surface area contributed by atoms with Crippen LogP contribution in [-0.2, 0) is 16.6 Å². The second-order valence-corrected chi connectivity index (χ2v) is 14.1. The number of urea groups is 1. The van der Waals surface area contributed by atoms with Gasteiger partial charge in [-0.15, -0.1) is 11.3 Å². The number of aromatic nitrogens is 3. The van der Waals surface area contributed by atoms with Gasteiger partial charge in [0.25, 0.3) is 0 Å². The molecule has 43 heavy (non-hydrogen) atoms. The number of nitrogens with zero attached hydrogens (tertiary/aromatic N) is 3. The topological polar surface area (TPSA) is 150 Å². The van der Waals surface area contributed by atoms with Crippen LogP contribution in [0, 0.1) is 0 Å². The molecule has 226 valence electrons. The molecule has 0 aliphatic rings. The van der Waals surface area contributed by atoms with E-state index in [4.69, 9.17) is 12.2 Å². The predicted molar refractivity (Wildman–Crippen MR) is 175 cm³/mol.